The molecule has 0 N–H and O–H groups in total. The zero-order valence-corrected chi connectivity index (χ0v) is 22.3. The van der Waals surface area contributed by atoms with E-state index >= 15 is 0 Å². The molecule has 4 heterocycles. The van der Waals surface area contributed by atoms with E-state index in [4.69, 9.17) is 21.1 Å². The first-order valence-corrected chi connectivity index (χ1v) is 13.3. The molecule has 1 saturated heterocycles. The standard InChI is InChI=1S/C28H32ClN5O3/c1-27(2,3)37-26(35)33-17-20-16-21(29)8-9-23(20)34-24(18-33)30-31-25(34)32-13-11-28(12-14-32)22-7-5-4-6-19(22)10-15-36-28/h4-9,16H,10-15,17-18H2,1-3H3. The van der Waals surface area contributed by atoms with E-state index in [1.54, 1.807) is 4.90 Å². The zero-order valence-electron chi connectivity index (χ0n) is 21.5. The third kappa shape index (κ3) is 4.46. The van der Waals surface area contributed by atoms with Crippen LogP contribution in [-0.4, -0.2) is 51.1 Å². The fraction of sp³-hybridized carbons (Fsp3) is 0.464. The van der Waals surface area contributed by atoms with Crippen LogP contribution >= 0.6 is 11.6 Å². The van der Waals surface area contributed by atoms with Crippen LogP contribution in [-0.2, 0) is 34.6 Å². The minimum Gasteiger partial charge on any atom is -0.444 e. The Morgan fingerprint density at radius 3 is 2.62 bits per heavy atom. The van der Waals surface area contributed by atoms with Gasteiger partial charge in [0.25, 0.3) is 0 Å². The number of anilines is 1. The van der Waals surface area contributed by atoms with Crippen molar-refractivity contribution < 1.29 is 14.3 Å². The van der Waals surface area contributed by atoms with Crippen molar-refractivity contribution >= 4 is 23.6 Å². The zero-order chi connectivity index (χ0) is 25.8. The normalized spacial score (nSPS) is 18.6. The second-order valence-electron chi connectivity index (χ2n) is 11.1. The summed E-state index contributed by atoms with van der Waals surface area (Å²) in [5, 5.41) is 9.78. The molecule has 194 valence electrons. The van der Waals surface area contributed by atoms with Gasteiger partial charge in [0.1, 0.15) is 5.60 Å². The number of amides is 1. The van der Waals surface area contributed by atoms with E-state index in [9.17, 15) is 4.79 Å². The third-order valence-electron chi connectivity index (χ3n) is 7.45. The number of carbonyl (C=O) groups excluding carboxylic acids is 1. The molecule has 37 heavy (non-hydrogen) atoms. The largest absolute Gasteiger partial charge is 0.444 e. The summed E-state index contributed by atoms with van der Waals surface area (Å²) in [5.74, 6) is 1.48. The van der Waals surface area contributed by atoms with Gasteiger partial charge in [-0.2, -0.15) is 0 Å². The van der Waals surface area contributed by atoms with Gasteiger partial charge in [-0.05, 0) is 74.9 Å². The summed E-state index contributed by atoms with van der Waals surface area (Å²) in [6.07, 6.45) is 2.34. The number of hydrogen-bond donors (Lipinski definition) is 0. The van der Waals surface area contributed by atoms with E-state index < -0.39 is 5.60 Å². The Balaban J connectivity index is 1.32. The van der Waals surface area contributed by atoms with Crippen LogP contribution in [0.2, 0.25) is 5.02 Å². The molecular weight excluding hydrogens is 490 g/mol. The first kappa shape index (κ1) is 24.2. The number of nitrogens with zero attached hydrogens (tertiary/aromatic N) is 5. The molecule has 9 heteroatoms. The Bertz CT molecular complexity index is 1340. The van der Waals surface area contributed by atoms with Crippen molar-refractivity contribution in [1.29, 1.82) is 0 Å². The highest BCUT2D eigenvalue weighted by atomic mass is 35.5. The molecule has 8 nitrogen and oxygen atoms in total. The van der Waals surface area contributed by atoms with E-state index in [1.807, 2.05) is 39.0 Å². The lowest BCUT2D eigenvalue weighted by molar-refractivity contribution is -0.0767. The van der Waals surface area contributed by atoms with Gasteiger partial charge in [-0.25, -0.2) is 4.79 Å². The summed E-state index contributed by atoms with van der Waals surface area (Å²) >= 11 is 6.38. The van der Waals surface area contributed by atoms with E-state index in [0.29, 0.717) is 23.9 Å². The molecule has 0 radical (unpaired) electrons. The summed E-state index contributed by atoms with van der Waals surface area (Å²) in [5.41, 5.74) is 3.75. The van der Waals surface area contributed by atoms with E-state index in [2.05, 4.69) is 43.9 Å². The van der Waals surface area contributed by atoms with Gasteiger partial charge in [-0.1, -0.05) is 35.9 Å². The quantitative estimate of drug-likeness (QED) is 0.436. The summed E-state index contributed by atoms with van der Waals surface area (Å²) < 4.78 is 14.2. The third-order valence-corrected chi connectivity index (χ3v) is 7.69. The van der Waals surface area contributed by atoms with Gasteiger partial charge in [0.05, 0.1) is 31.0 Å². The summed E-state index contributed by atoms with van der Waals surface area (Å²) in [7, 11) is 0. The molecule has 3 aromatic rings. The van der Waals surface area contributed by atoms with Gasteiger partial charge in [0, 0.05) is 18.1 Å². The lowest BCUT2D eigenvalue weighted by Gasteiger charge is -2.45. The number of rotatable bonds is 1. The van der Waals surface area contributed by atoms with Gasteiger partial charge in [-0.15, -0.1) is 10.2 Å². The Morgan fingerprint density at radius 2 is 1.84 bits per heavy atom. The first-order chi connectivity index (χ1) is 17.7. The number of halogens is 1. The van der Waals surface area contributed by atoms with Crippen LogP contribution in [0.15, 0.2) is 42.5 Å². The predicted octanol–water partition coefficient (Wildman–Crippen LogP) is 5.24. The fourth-order valence-corrected chi connectivity index (χ4v) is 5.94. The lowest BCUT2D eigenvalue weighted by Crippen LogP contribution is -2.47. The van der Waals surface area contributed by atoms with Crippen molar-refractivity contribution in [3.8, 4) is 5.69 Å². The second-order valence-corrected chi connectivity index (χ2v) is 11.5. The van der Waals surface area contributed by atoms with Gasteiger partial charge in [0.2, 0.25) is 5.95 Å². The number of piperidine rings is 1. The monoisotopic (exact) mass is 521 g/mol. The van der Waals surface area contributed by atoms with E-state index in [1.165, 1.54) is 11.1 Å². The number of aromatic nitrogens is 3. The number of hydrogen-bond acceptors (Lipinski definition) is 6. The Labute approximate surface area is 222 Å². The highest BCUT2D eigenvalue weighted by Gasteiger charge is 2.42. The molecule has 0 unspecified atom stereocenters. The van der Waals surface area contributed by atoms with Crippen LogP contribution in [0.5, 0.6) is 0 Å². The molecule has 1 aromatic heterocycles. The number of fused-ring (bicyclic) bond motifs is 5. The molecule has 2 aromatic carbocycles. The molecule has 6 rings (SSSR count). The Hall–Kier alpha value is -3.10. The fourth-order valence-electron chi connectivity index (χ4n) is 5.75. The molecule has 0 atom stereocenters. The van der Waals surface area contributed by atoms with Gasteiger partial charge in [0.15, 0.2) is 5.82 Å². The molecule has 0 bridgehead atoms. The molecule has 0 aliphatic carbocycles. The number of carbonyl (C=O) groups is 1. The van der Waals surface area contributed by atoms with Crippen molar-refractivity contribution in [3.63, 3.8) is 0 Å². The molecule has 3 aliphatic heterocycles. The van der Waals surface area contributed by atoms with Crippen LogP contribution < -0.4 is 4.90 Å². The number of benzene rings is 2. The topological polar surface area (TPSA) is 72.7 Å². The minimum atomic E-state index is -0.594. The van der Waals surface area contributed by atoms with Crippen LogP contribution in [0.25, 0.3) is 5.69 Å². The Morgan fingerprint density at radius 1 is 1.05 bits per heavy atom. The van der Waals surface area contributed by atoms with Crippen molar-refractivity contribution in [2.24, 2.45) is 0 Å². The SMILES string of the molecule is CC(C)(C)OC(=O)N1Cc2cc(Cl)ccc2-n2c(nnc2N2CCC3(CC2)OCCc2ccccc23)C1. The van der Waals surface area contributed by atoms with Crippen LogP contribution in [0, 0.1) is 0 Å². The highest BCUT2D eigenvalue weighted by molar-refractivity contribution is 6.30. The van der Waals surface area contributed by atoms with Gasteiger partial charge in [-0.3, -0.25) is 9.47 Å². The second kappa shape index (κ2) is 9.03. The molecule has 1 spiro atoms. The highest BCUT2D eigenvalue weighted by Crippen LogP contribution is 2.42. The van der Waals surface area contributed by atoms with Crippen molar-refractivity contribution in [2.75, 3.05) is 24.6 Å². The van der Waals surface area contributed by atoms with Crippen LogP contribution in [0.1, 0.15) is 56.1 Å². The molecule has 1 fully saturated rings. The maximum Gasteiger partial charge on any atom is 0.411 e. The van der Waals surface area contributed by atoms with Gasteiger partial charge < -0.3 is 14.4 Å². The maximum absolute atomic E-state index is 13.0. The molecule has 3 aliphatic rings. The average molecular weight is 522 g/mol. The molecule has 1 amide bonds. The van der Waals surface area contributed by atoms with E-state index in [-0.39, 0.29) is 11.7 Å². The maximum atomic E-state index is 13.0. The molecular formula is C28H32ClN5O3. The smallest absolute Gasteiger partial charge is 0.411 e. The Kier molecular flexibility index (Phi) is 5.92. The summed E-state index contributed by atoms with van der Waals surface area (Å²) in [6.45, 7) is 8.62. The predicted molar refractivity (Wildman–Crippen MR) is 141 cm³/mol. The minimum absolute atomic E-state index is 0.244. The summed E-state index contributed by atoms with van der Waals surface area (Å²) in [4.78, 5) is 17.0. The lowest BCUT2D eigenvalue weighted by atomic mass is 9.79. The van der Waals surface area contributed by atoms with Crippen molar-refractivity contribution in [3.05, 3.63) is 70.0 Å². The van der Waals surface area contributed by atoms with Gasteiger partial charge >= 0.3 is 6.09 Å². The van der Waals surface area contributed by atoms with Crippen LogP contribution in [0.3, 0.4) is 0 Å². The van der Waals surface area contributed by atoms with Crippen molar-refractivity contribution in [2.45, 2.75) is 64.3 Å². The first-order valence-electron chi connectivity index (χ1n) is 12.9. The van der Waals surface area contributed by atoms with Crippen LogP contribution in [0.4, 0.5) is 10.7 Å². The average Bonchev–Trinajstić information content (AvgIpc) is 3.19. The molecule has 0 saturated carbocycles. The van der Waals surface area contributed by atoms with Crippen molar-refractivity contribution in [1.82, 2.24) is 19.7 Å². The number of ether oxygens (including phenoxy) is 2. The summed E-state index contributed by atoms with van der Waals surface area (Å²) in [6, 6.07) is 14.4. The van der Waals surface area contributed by atoms with E-state index in [0.717, 1.165) is 56.2 Å².